The molecule has 0 saturated carbocycles. The van der Waals surface area contributed by atoms with E-state index in [1.807, 2.05) is 0 Å². The first-order valence-electron chi connectivity index (χ1n) is 7.27. The van der Waals surface area contributed by atoms with Crippen LogP contribution in [0.25, 0.3) is 0 Å². The molecule has 0 saturated heterocycles. The van der Waals surface area contributed by atoms with E-state index in [1.165, 1.54) is 13.2 Å². The largest absolute Gasteiger partial charge is 0.495 e. The van der Waals surface area contributed by atoms with Crippen LogP contribution < -0.4 is 15.4 Å². The van der Waals surface area contributed by atoms with E-state index in [1.54, 1.807) is 12.1 Å². The first-order chi connectivity index (χ1) is 11.9. The van der Waals surface area contributed by atoms with Gasteiger partial charge in [0.1, 0.15) is 17.4 Å². The van der Waals surface area contributed by atoms with Crippen molar-refractivity contribution >= 4 is 29.1 Å². The number of hydrogen-bond donors (Lipinski definition) is 2. The first kappa shape index (κ1) is 18.7. The van der Waals surface area contributed by atoms with Gasteiger partial charge >= 0.3 is 0 Å². The van der Waals surface area contributed by atoms with Gasteiger partial charge in [-0.25, -0.2) is 8.78 Å². The highest BCUT2D eigenvalue weighted by Crippen LogP contribution is 2.27. The molecule has 2 rings (SSSR count). The standard InChI is InChI=1S/C17H15ClF2N2O3/c1-25-15-5-3-11(9-13(15)18)22-16(23)6-7-21-17(24)12-4-2-10(19)8-14(12)20/h2-5,8-9H,6-7H2,1H3,(H,21,24)(H,22,23). The van der Waals surface area contributed by atoms with Gasteiger partial charge in [-0.1, -0.05) is 11.6 Å². The first-order valence-corrected chi connectivity index (χ1v) is 7.65. The summed E-state index contributed by atoms with van der Waals surface area (Å²) < 4.78 is 31.3. The third-order valence-corrected chi connectivity index (χ3v) is 3.54. The summed E-state index contributed by atoms with van der Waals surface area (Å²) in [5.41, 5.74) is 0.190. The molecular weight excluding hydrogens is 354 g/mol. The highest BCUT2D eigenvalue weighted by atomic mass is 35.5. The second kappa shape index (κ2) is 8.43. The van der Waals surface area contributed by atoms with Crippen molar-refractivity contribution in [1.29, 1.82) is 0 Å². The predicted molar refractivity (Wildman–Crippen MR) is 89.9 cm³/mol. The Hall–Kier alpha value is -2.67. The fourth-order valence-electron chi connectivity index (χ4n) is 2.03. The van der Waals surface area contributed by atoms with Crippen LogP contribution in [0.15, 0.2) is 36.4 Å². The van der Waals surface area contributed by atoms with Crippen molar-refractivity contribution in [3.63, 3.8) is 0 Å². The van der Waals surface area contributed by atoms with Gasteiger partial charge in [0, 0.05) is 24.7 Å². The molecule has 0 radical (unpaired) electrons. The third kappa shape index (κ3) is 5.15. The zero-order valence-corrected chi connectivity index (χ0v) is 14.0. The number of ether oxygens (including phenoxy) is 1. The smallest absolute Gasteiger partial charge is 0.254 e. The minimum Gasteiger partial charge on any atom is -0.495 e. The van der Waals surface area contributed by atoms with E-state index in [4.69, 9.17) is 16.3 Å². The average Bonchev–Trinajstić information content (AvgIpc) is 2.54. The van der Waals surface area contributed by atoms with Crippen molar-refractivity contribution in [3.8, 4) is 5.75 Å². The molecular formula is C17H15ClF2N2O3. The summed E-state index contributed by atoms with van der Waals surface area (Å²) >= 11 is 5.96. The Labute approximate surface area is 147 Å². The normalized spacial score (nSPS) is 10.2. The number of benzene rings is 2. The summed E-state index contributed by atoms with van der Waals surface area (Å²) in [6, 6.07) is 7.41. The quantitative estimate of drug-likeness (QED) is 0.821. The highest BCUT2D eigenvalue weighted by Gasteiger charge is 2.13. The van der Waals surface area contributed by atoms with Crippen molar-refractivity contribution in [1.82, 2.24) is 5.32 Å². The number of amides is 2. The van der Waals surface area contributed by atoms with Crippen molar-refractivity contribution in [2.45, 2.75) is 6.42 Å². The molecule has 0 atom stereocenters. The maximum Gasteiger partial charge on any atom is 0.254 e. The van der Waals surface area contributed by atoms with E-state index in [0.29, 0.717) is 22.5 Å². The minimum atomic E-state index is -0.963. The summed E-state index contributed by atoms with van der Waals surface area (Å²) in [5, 5.41) is 5.36. The van der Waals surface area contributed by atoms with Crippen molar-refractivity contribution in [2.75, 3.05) is 19.0 Å². The topological polar surface area (TPSA) is 67.4 Å². The molecule has 0 aromatic heterocycles. The molecule has 0 spiro atoms. The summed E-state index contributed by atoms with van der Waals surface area (Å²) in [5.74, 6) is -2.34. The number of methoxy groups -OCH3 is 1. The molecule has 132 valence electrons. The van der Waals surface area contributed by atoms with Crippen LogP contribution in [-0.2, 0) is 4.79 Å². The number of carbonyl (C=O) groups is 2. The highest BCUT2D eigenvalue weighted by molar-refractivity contribution is 6.32. The third-order valence-electron chi connectivity index (χ3n) is 3.25. The van der Waals surface area contributed by atoms with Crippen LogP contribution in [0.4, 0.5) is 14.5 Å². The lowest BCUT2D eigenvalue weighted by molar-refractivity contribution is -0.116. The van der Waals surface area contributed by atoms with Crippen LogP contribution >= 0.6 is 11.6 Å². The van der Waals surface area contributed by atoms with Crippen LogP contribution in [0.3, 0.4) is 0 Å². The molecule has 0 fully saturated rings. The SMILES string of the molecule is COc1ccc(NC(=O)CCNC(=O)c2ccc(F)cc2F)cc1Cl. The molecule has 2 N–H and O–H groups in total. The van der Waals surface area contributed by atoms with E-state index in [0.717, 1.165) is 12.1 Å². The lowest BCUT2D eigenvalue weighted by atomic mass is 10.2. The minimum absolute atomic E-state index is 0.00856. The summed E-state index contributed by atoms with van der Waals surface area (Å²) in [4.78, 5) is 23.6. The maximum absolute atomic E-state index is 13.5. The molecule has 0 heterocycles. The van der Waals surface area contributed by atoms with E-state index in [2.05, 4.69) is 10.6 Å². The molecule has 2 aromatic carbocycles. The fourth-order valence-corrected chi connectivity index (χ4v) is 2.28. The number of halogens is 3. The van der Waals surface area contributed by atoms with E-state index in [9.17, 15) is 18.4 Å². The van der Waals surface area contributed by atoms with E-state index in [-0.39, 0.29) is 24.4 Å². The summed E-state index contributed by atoms with van der Waals surface area (Å²) in [7, 11) is 1.48. The van der Waals surface area contributed by atoms with Gasteiger partial charge in [0.2, 0.25) is 5.91 Å². The van der Waals surface area contributed by atoms with E-state index >= 15 is 0 Å². The summed E-state index contributed by atoms with van der Waals surface area (Å²) in [6.45, 7) is -0.00856. The molecule has 8 heteroatoms. The zero-order valence-electron chi connectivity index (χ0n) is 13.2. The number of nitrogens with one attached hydrogen (secondary N) is 2. The molecule has 0 unspecified atom stereocenters. The monoisotopic (exact) mass is 368 g/mol. The Morgan fingerprint density at radius 2 is 1.92 bits per heavy atom. The fraction of sp³-hybridized carbons (Fsp3) is 0.176. The van der Waals surface area contributed by atoms with Gasteiger partial charge in [0.15, 0.2) is 0 Å². The second-order valence-electron chi connectivity index (χ2n) is 5.03. The van der Waals surface area contributed by atoms with Gasteiger partial charge in [-0.05, 0) is 30.3 Å². The van der Waals surface area contributed by atoms with Crippen molar-refractivity contribution in [2.24, 2.45) is 0 Å². The molecule has 0 aliphatic carbocycles. The Balaban J connectivity index is 1.84. The van der Waals surface area contributed by atoms with Crippen LogP contribution in [0.1, 0.15) is 16.8 Å². The Morgan fingerprint density at radius 3 is 2.56 bits per heavy atom. The summed E-state index contributed by atoms with van der Waals surface area (Å²) in [6.07, 6.45) is -0.0296. The van der Waals surface area contributed by atoms with Gasteiger partial charge < -0.3 is 15.4 Å². The number of hydrogen-bond acceptors (Lipinski definition) is 3. The Bertz CT molecular complexity index is 799. The zero-order chi connectivity index (χ0) is 18.4. The molecule has 2 amide bonds. The van der Waals surface area contributed by atoms with Gasteiger partial charge in [-0.3, -0.25) is 9.59 Å². The van der Waals surface area contributed by atoms with Crippen LogP contribution in [-0.4, -0.2) is 25.5 Å². The predicted octanol–water partition coefficient (Wildman–Crippen LogP) is 3.39. The van der Waals surface area contributed by atoms with Crippen LogP contribution in [0.2, 0.25) is 5.02 Å². The second-order valence-corrected chi connectivity index (χ2v) is 5.43. The molecule has 5 nitrogen and oxygen atoms in total. The lowest BCUT2D eigenvalue weighted by Gasteiger charge is -2.09. The molecule has 0 aliphatic rings. The van der Waals surface area contributed by atoms with Gasteiger partial charge in [-0.2, -0.15) is 0 Å². The Morgan fingerprint density at radius 1 is 1.16 bits per heavy atom. The number of anilines is 1. The number of carbonyl (C=O) groups excluding carboxylic acids is 2. The molecule has 2 aromatic rings. The van der Waals surface area contributed by atoms with Crippen LogP contribution in [0.5, 0.6) is 5.75 Å². The van der Waals surface area contributed by atoms with Gasteiger partial charge in [0.25, 0.3) is 5.91 Å². The molecule has 0 aliphatic heterocycles. The molecule has 25 heavy (non-hydrogen) atoms. The molecule has 0 bridgehead atoms. The van der Waals surface area contributed by atoms with Gasteiger partial charge in [-0.15, -0.1) is 0 Å². The number of rotatable bonds is 6. The van der Waals surface area contributed by atoms with E-state index < -0.39 is 17.5 Å². The van der Waals surface area contributed by atoms with Gasteiger partial charge in [0.05, 0.1) is 17.7 Å². The maximum atomic E-state index is 13.5. The lowest BCUT2D eigenvalue weighted by Crippen LogP contribution is -2.28. The average molecular weight is 369 g/mol. The van der Waals surface area contributed by atoms with Crippen LogP contribution in [0, 0.1) is 11.6 Å². The van der Waals surface area contributed by atoms with Crippen molar-refractivity contribution in [3.05, 3.63) is 58.6 Å². The van der Waals surface area contributed by atoms with Crippen molar-refractivity contribution < 1.29 is 23.1 Å². The Kier molecular flexibility index (Phi) is 6.30.